The highest BCUT2D eigenvalue weighted by Gasteiger charge is 2.22. The van der Waals surface area contributed by atoms with Crippen LogP contribution < -0.4 is 4.74 Å². The molecule has 2 aliphatic rings. The molecule has 0 atom stereocenters. The number of amides is 1. The van der Waals surface area contributed by atoms with Crippen LogP contribution in [0.15, 0.2) is 42.5 Å². The van der Waals surface area contributed by atoms with Gasteiger partial charge in [-0.25, -0.2) is 4.79 Å². The minimum atomic E-state index is -0.301. The van der Waals surface area contributed by atoms with Crippen molar-refractivity contribution in [2.24, 2.45) is 0 Å². The molecular formula is C23H25NO5. The number of aryl methyl sites for hydroxylation is 1. The Morgan fingerprint density at radius 3 is 2.52 bits per heavy atom. The smallest absolute Gasteiger partial charge is 0.409 e. The van der Waals surface area contributed by atoms with E-state index < -0.39 is 0 Å². The number of piperidine rings is 1. The van der Waals surface area contributed by atoms with Crippen LogP contribution >= 0.6 is 0 Å². The maximum Gasteiger partial charge on any atom is 0.409 e. The van der Waals surface area contributed by atoms with Gasteiger partial charge in [-0.2, -0.15) is 0 Å². The Hall–Kier alpha value is -3.15. The van der Waals surface area contributed by atoms with Crippen LogP contribution in [0.25, 0.3) is 0 Å². The Bertz CT molecular complexity index is 911. The number of ketones is 2. The number of ether oxygens (including phenoxy) is 2. The molecule has 0 N–H and O–H groups in total. The molecule has 0 unspecified atom stereocenters. The number of hydrogen-bond donors (Lipinski definition) is 0. The van der Waals surface area contributed by atoms with E-state index in [1.165, 1.54) is 0 Å². The quantitative estimate of drug-likeness (QED) is 0.732. The number of hydrogen-bond acceptors (Lipinski definition) is 5. The molecule has 1 fully saturated rings. The average Bonchev–Trinajstić information content (AvgIpc) is 2.86. The van der Waals surface area contributed by atoms with Crippen LogP contribution in [0.2, 0.25) is 0 Å². The van der Waals surface area contributed by atoms with Crippen molar-refractivity contribution in [1.82, 2.24) is 4.90 Å². The summed E-state index contributed by atoms with van der Waals surface area (Å²) in [6, 6.07) is 13.3. The van der Waals surface area contributed by atoms with Crippen LogP contribution in [0.1, 0.15) is 46.8 Å². The number of Topliss-reactive ketones (excluding diaryl/α,β-unsaturated/α-hetero) is 1. The standard InChI is InChI=1S/C15H12O2.C8H13NO3/c1-10-6-7-12-11(8-10)9-17-14-5-3-2-4-13(14)15(12)16;1-2-12-8(11)9-5-3-7(10)4-6-9/h2-8H,9H2,1H3;2-6H2,1H3. The summed E-state index contributed by atoms with van der Waals surface area (Å²) in [4.78, 5) is 35.8. The monoisotopic (exact) mass is 395 g/mol. The summed E-state index contributed by atoms with van der Waals surface area (Å²) < 4.78 is 10.5. The molecule has 2 heterocycles. The second kappa shape index (κ2) is 9.37. The summed E-state index contributed by atoms with van der Waals surface area (Å²) in [6.45, 7) is 5.66. The van der Waals surface area contributed by atoms with E-state index in [4.69, 9.17) is 9.47 Å². The number of nitrogens with zero attached hydrogens (tertiary/aromatic N) is 1. The lowest BCUT2D eigenvalue weighted by Crippen LogP contribution is -2.38. The molecule has 1 amide bonds. The van der Waals surface area contributed by atoms with Gasteiger partial charge in [0, 0.05) is 37.1 Å². The van der Waals surface area contributed by atoms with Gasteiger partial charge in [0.2, 0.25) is 0 Å². The topological polar surface area (TPSA) is 72.9 Å². The highest BCUT2D eigenvalue weighted by molar-refractivity contribution is 6.12. The second-order valence-corrected chi connectivity index (χ2v) is 7.00. The molecule has 0 bridgehead atoms. The van der Waals surface area contributed by atoms with E-state index in [2.05, 4.69) is 0 Å². The van der Waals surface area contributed by atoms with Crippen molar-refractivity contribution in [2.75, 3.05) is 19.7 Å². The number of fused-ring (bicyclic) bond motifs is 2. The average molecular weight is 395 g/mol. The van der Waals surface area contributed by atoms with Crippen molar-refractivity contribution in [3.8, 4) is 5.75 Å². The third-order valence-corrected chi connectivity index (χ3v) is 4.87. The Labute approximate surface area is 170 Å². The number of benzene rings is 2. The van der Waals surface area contributed by atoms with E-state index in [9.17, 15) is 14.4 Å². The molecule has 0 saturated carbocycles. The Morgan fingerprint density at radius 2 is 1.79 bits per heavy atom. The van der Waals surface area contributed by atoms with Crippen molar-refractivity contribution >= 4 is 17.7 Å². The predicted molar refractivity (Wildman–Crippen MR) is 108 cm³/mol. The first-order valence-corrected chi connectivity index (χ1v) is 9.79. The SMILES string of the molecule is CCOC(=O)N1CCC(=O)CC1.Cc1ccc2c(c1)COc1ccccc1C2=O. The van der Waals surface area contributed by atoms with E-state index in [1.807, 2.05) is 49.4 Å². The van der Waals surface area contributed by atoms with Gasteiger partial charge in [-0.05, 0) is 26.0 Å². The third kappa shape index (κ3) is 5.02. The fraction of sp³-hybridized carbons (Fsp3) is 0.348. The van der Waals surface area contributed by atoms with Crippen LogP contribution in [-0.4, -0.2) is 42.3 Å². The largest absolute Gasteiger partial charge is 0.488 e. The fourth-order valence-electron chi connectivity index (χ4n) is 3.30. The van der Waals surface area contributed by atoms with Gasteiger partial charge in [-0.3, -0.25) is 9.59 Å². The van der Waals surface area contributed by atoms with Gasteiger partial charge < -0.3 is 14.4 Å². The minimum absolute atomic E-state index is 0.0492. The van der Waals surface area contributed by atoms with Gasteiger partial charge in [0.05, 0.1) is 12.2 Å². The molecule has 4 rings (SSSR count). The molecule has 0 aliphatic carbocycles. The van der Waals surface area contributed by atoms with Gasteiger partial charge in [-0.15, -0.1) is 0 Å². The van der Waals surface area contributed by atoms with Gasteiger partial charge in [0.15, 0.2) is 5.78 Å². The van der Waals surface area contributed by atoms with Gasteiger partial charge >= 0.3 is 6.09 Å². The summed E-state index contributed by atoms with van der Waals surface area (Å²) in [5.41, 5.74) is 3.51. The molecule has 2 aliphatic heterocycles. The number of carbonyl (C=O) groups is 3. The molecule has 29 heavy (non-hydrogen) atoms. The molecule has 0 aromatic heterocycles. The van der Waals surface area contributed by atoms with E-state index in [1.54, 1.807) is 11.8 Å². The van der Waals surface area contributed by atoms with Crippen molar-refractivity contribution < 1.29 is 23.9 Å². The molecule has 1 saturated heterocycles. The summed E-state index contributed by atoms with van der Waals surface area (Å²) in [5.74, 6) is 0.954. The maximum absolute atomic E-state index is 12.4. The third-order valence-electron chi connectivity index (χ3n) is 4.87. The van der Waals surface area contributed by atoms with Crippen molar-refractivity contribution in [3.63, 3.8) is 0 Å². The fourth-order valence-corrected chi connectivity index (χ4v) is 3.30. The molecule has 2 aromatic carbocycles. The molecule has 6 heteroatoms. The first kappa shape index (κ1) is 20.6. The zero-order valence-corrected chi connectivity index (χ0v) is 16.8. The molecular weight excluding hydrogens is 370 g/mol. The second-order valence-electron chi connectivity index (χ2n) is 7.00. The molecule has 0 spiro atoms. The summed E-state index contributed by atoms with van der Waals surface area (Å²) in [5, 5.41) is 0. The number of rotatable bonds is 1. The highest BCUT2D eigenvalue weighted by atomic mass is 16.6. The molecule has 6 nitrogen and oxygen atoms in total. The Kier molecular flexibility index (Phi) is 6.65. The first-order valence-electron chi connectivity index (χ1n) is 9.79. The predicted octanol–water partition coefficient (Wildman–Crippen LogP) is 3.93. The van der Waals surface area contributed by atoms with E-state index in [0.717, 1.165) is 16.7 Å². The van der Waals surface area contributed by atoms with E-state index in [0.29, 0.717) is 50.5 Å². The van der Waals surface area contributed by atoms with Gasteiger partial charge in [0.1, 0.15) is 18.1 Å². The lowest BCUT2D eigenvalue weighted by molar-refractivity contribution is -0.121. The van der Waals surface area contributed by atoms with Crippen LogP contribution in [0.3, 0.4) is 0 Å². The normalized spacial score (nSPS) is 15.2. The molecule has 152 valence electrons. The summed E-state index contributed by atoms with van der Waals surface area (Å²) in [6.07, 6.45) is 0.641. The van der Waals surface area contributed by atoms with Crippen molar-refractivity contribution in [1.29, 1.82) is 0 Å². The van der Waals surface area contributed by atoms with Crippen molar-refractivity contribution in [3.05, 3.63) is 64.7 Å². The first-order chi connectivity index (χ1) is 14.0. The number of likely N-dealkylation sites (tertiary alicyclic amines) is 1. The number of carbonyl (C=O) groups excluding carboxylic acids is 3. The van der Waals surface area contributed by atoms with E-state index >= 15 is 0 Å². The lowest BCUT2D eigenvalue weighted by atomic mass is 9.98. The minimum Gasteiger partial charge on any atom is -0.488 e. The summed E-state index contributed by atoms with van der Waals surface area (Å²) >= 11 is 0. The zero-order chi connectivity index (χ0) is 20.8. The van der Waals surface area contributed by atoms with Crippen LogP contribution in [0, 0.1) is 6.92 Å². The lowest BCUT2D eigenvalue weighted by Gasteiger charge is -2.24. The molecule has 2 aromatic rings. The molecule has 0 radical (unpaired) electrons. The van der Waals surface area contributed by atoms with Gasteiger partial charge in [-0.1, -0.05) is 35.9 Å². The maximum atomic E-state index is 12.4. The highest BCUT2D eigenvalue weighted by Crippen LogP contribution is 2.28. The van der Waals surface area contributed by atoms with Gasteiger partial charge in [0.25, 0.3) is 0 Å². The van der Waals surface area contributed by atoms with E-state index in [-0.39, 0.29) is 17.7 Å². The Balaban J connectivity index is 0.000000177. The summed E-state index contributed by atoms with van der Waals surface area (Å²) in [7, 11) is 0. The van der Waals surface area contributed by atoms with Crippen molar-refractivity contribution in [2.45, 2.75) is 33.3 Å². The van der Waals surface area contributed by atoms with Crippen LogP contribution in [0.4, 0.5) is 4.79 Å². The van der Waals surface area contributed by atoms with Crippen LogP contribution in [0.5, 0.6) is 5.75 Å². The number of para-hydroxylation sites is 1. The van der Waals surface area contributed by atoms with Crippen LogP contribution in [-0.2, 0) is 16.1 Å². The Morgan fingerprint density at radius 1 is 1.07 bits per heavy atom. The zero-order valence-electron chi connectivity index (χ0n) is 16.8.